The Morgan fingerprint density at radius 3 is 2.46 bits per heavy atom. The van der Waals surface area contributed by atoms with Gasteiger partial charge in [-0.15, -0.1) is 0 Å². The number of pyridine rings is 1. The van der Waals surface area contributed by atoms with Crippen LogP contribution in [0.15, 0.2) is 48.7 Å². The number of carbonyl (C=O) groups is 1. The van der Waals surface area contributed by atoms with E-state index in [9.17, 15) is 13.6 Å². The number of halogens is 2. The van der Waals surface area contributed by atoms with Crippen LogP contribution >= 0.6 is 0 Å². The molecule has 6 N–H and O–H groups in total. The number of nitrogens with zero attached hydrogens (tertiary/aromatic N) is 2. The molecule has 0 unspecified atom stereocenters. The van der Waals surface area contributed by atoms with Gasteiger partial charge in [-0.05, 0) is 73.2 Å². The van der Waals surface area contributed by atoms with Gasteiger partial charge in [-0.1, -0.05) is 0 Å². The second-order valence-corrected chi connectivity index (χ2v) is 10.4. The summed E-state index contributed by atoms with van der Waals surface area (Å²) in [7, 11) is 0. The summed E-state index contributed by atoms with van der Waals surface area (Å²) in [4.78, 5) is 19.9. The Morgan fingerprint density at radius 1 is 1.02 bits per heavy atom. The summed E-state index contributed by atoms with van der Waals surface area (Å²) in [6, 6.07) is 11.0. The van der Waals surface area contributed by atoms with Crippen LogP contribution in [-0.4, -0.2) is 62.2 Å². The maximum absolute atomic E-state index is 13.6. The van der Waals surface area contributed by atoms with Crippen LogP contribution in [0.4, 0.5) is 26.0 Å². The molecule has 3 aromatic rings. The third kappa shape index (κ3) is 7.36. The molecule has 2 saturated heterocycles. The molecule has 0 saturated carbocycles. The number of piperazine rings is 1. The van der Waals surface area contributed by atoms with E-state index in [1.54, 1.807) is 18.3 Å². The minimum absolute atomic E-state index is 0.102. The van der Waals surface area contributed by atoms with Gasteiger partial charge in [0.05, 0.1) is 11.1 Å². The number of benzene rings is 2. The lowest BCUT2D eigenvalue weighted by Gasteiger charge is -2.31. The summed E-state index contributed by atoms with van der Waals surface area (Å²) >= 11 is 0. The molecule has 2 aromatic carbocycles. The molecule has 2 aliphatic heterocycles. The van der Waals surface area contributed by atoms with Crippen molar-refractivity contribution < 1.29 is 18.3 Å². The Morgan fingerprint density at radius 2 is 1.73 bits per heavy atom. The lowest BCUT2D eigenvalue weighted by molar-refractivity contribution is 0.0904. The smallest absolute Gasteiger partial charge is 0.258 e. The number of aryl methyl sites for hydroxylation is 2. The molecule has 1 amide bonds. The minimum atomic E-state index is -0.632. The molecule has 41 heavy (non-hydrogen) atoms. The number of amides is 1. The van der Waals surface area contributed by atoms with Gasteiger partial charge in [0.25, 0.3) is 5.91 Å². The second kappa shape index (κ2) is 13.0. The van der Waals surface area contributed by atoms with Crippen LogP contribution in [-0.2, 0) is 17.6 Å². The third-order valence-corrected chi connectivity index (χ3v) is 7.42. The highest BCUT2D eigenvalue weighted by molar-refractivity contribution is 6.14. The van der Waals surface area contributed by atoms with E-state index in [2.05, 4.69) is 25.8 Å². The van der Waals surface area contributed by atoms with Crippen LogP contribution in [0.2, 0.25) is 0 Å². The van der Waals surface area contributed by atoms with Crippen molar-refractivity contribution in [2.24, 2.45) is 0 Å². The average molecular weight is 564 g/mol. The molecule has 9 nitrogen and oxygen atoms in total. The van der Waals surface area contributed by atoms with Crippen LogP contribution < -0.4 is 26.6 Å². The Kier molecular flexibility index (Phi) is 9.05. The largest absolute Gasteiger partial charge is 0.383 e. The number of anilines is 3. The summed E-state index contributed by atoms with van der Waals surface area (Å²) in [6.07, 6.45) is 4.05. The van der Waals surface area contributed by atoms with Gasteiger partial charge in [0, 0.05) is 69.1 Å². The van der Waals surface area contributed by atoms with Gasteiger partial charge in [0.15, 0.2) is 0 Å². The van der Waals surface area contributed by atoms with Gasteiger partial charge in [0.2, 0.25) is 0 Å². The predicted molar refractivity (Wildman–Crippen MR) is 156 cm³/mol. The van der Waals surface area contributed by atoms with E-state index >= 15 is 0 Å². The van der Waals surface area contributed by atoms with E-state index in [4.69, 9.17) is 15.9 Å². The molecule has 3 heterocycles. The van der Waals surface area contributed by atoms with Crippen molar-refractivity contribution in [1.82, 2.24) is 15.6 Å². The van der Waals surface area contributed by atoms with Gasteiger partial charge in [-0.2, -0.15) is 0 Å². The Labute approximate surface area is 238 Å². The molecule has 2 aliphatic rings. The van der Waals surface area contributed by atoms with Crippen molar-refractivity contribution in [3.05, 3.63) is 82.5 Å². The van der Waals surface area contributed by atoms with Crippen molar-refractivity contribution in [1.29, 1.82) is 5.41 Å². The Hall–Kier alpha value is -4.09. The number of nitrogens with one attached hydrogen (secondary N) is 4. The molecule has 1 aromatic heterocycles. The van der Waals surface area contributed by atoms with Crippen molar-refractivity contribution in [2.45, 2.75) is 31.7 Å². The zero-order valence-corrected chi connectivity index (χ0v) is 22.8. The second-order valence-electron chi connectivity index (χ2n) is 10.4. The van der Waals surface area contributed by atoms with E-state index in [1.165, 1.54) is 12.1 Å². The normalized spacial score (nSPS) is 15.9. The molecule has 5 rings (SSSR count). The van der Waals surface area contributed by atoms with Crippen LogP contribution in [0.1, 0.15) is 39.9 Å². The first-order chi connectivity index (χ1) is 19.9. The highest BCUT2D eigenvalue weighted by Crippen LogP contribution is 2.27. The number of nitrogens with two attached hydrogens (primary N) is 1. The molecule has 216 valence electrons. The third-order valence-electron chi connectivity index (χ3n) is 7.42. The summed E-state index contributed by atoms with van der Waals surface area (Å²) in [5.41, 5.74) is 9.75. The number of hydrogen-bond donors (Lipinski definition) is 5. The van der Waals surface area contributed by atoms with Crippen molar-refractivity contribution in [2.75, 3.05) is 55.3 Å². The van der Waals surface area contributed by atoms with Crippen LogP contribution in [0.25, 0.3) is 0 Å². The molecule has 0 radical (unpaired) electrons. The van der Waals surface area contributed by atoms with Crippen LogP contribution in [0, 0.1) is 17.0 Å². The summed E-state index contributed by atoms with van der Waals surface area (Å²) in [5, 5.41) is 18.2. The zero-order chi connectivity index (χ0) is 28.8. The molecule has 0 spiro atoms. The number of aromatic nitrogens is 1. The van der Waals surface area contributed by atoms with Gasteiger partial charge in [-0.3, -0.25) is 10.2 Å². The minimum Gasteiger partial charge on any atom is -0.383 e. The fourth-order valence-corrected chi connectivity index (χ4v) is 5.18. The first kappa shape index (κ1) is 28.4. The fourth-order valence-electron chi connectivity index (χ4n) is 5.18. The van der Waals surface area contributed by atoms with E-state index in [-0.39, 0.29) is 23.3 Å². The molecule has 11 heteroatoms. The van der Waals surface area contributed by atoms with E-state index < -0.39 is 17.5 Å². The highest BCUT2D eigenvalue weighted by Gasteiger charge is 2.21. The van der Waals surface area contributed by atoms with E-state index in [1.807, 2.05) is 12.1 Å². The number of amidine groups is 1. The molecule has 0 atom stereocenters. The predicted octanol–water partition coefficient (Wildman–Crippen LogP) is 3.48. The molecular weight excluding hydrogens is 528 g/mol. The van der Waals surface area contributed by atoms with Gasteiger partial charge in [-0.25, -0.2) is 13.8 Å². The van der Waals surface area contributed by atoms with Gasteiger partial charge >= 0.3 is 0 Å². The highest BCUT2D eigenvalue weighted by atomic mass is 19.1. The number of carbonyl (C=O) groups excluding carboxylic acids is 1. The van der Waals surface area contributed by atoms with Crippen LogP contribution in [0.5, 0.6) is 0 Å². The van der Waals surface area contributed by atoms with Crippen molar-refractivity contribution in [3.8, 4) is 0 Å². The first-order valence-corrected chi connectivity index (χ1v) is 13.9. The molecule has 0 bridgehead atoms. The average Bonchev–Trinajstić information content (AvgIpc) is 2.97. The molecular formula is C30H35F2N7O2. The van der Waals surface area contributed by atoms with Crippen molar-refractivity contribution in [3.63, 3.8) is 0 Å². The molecule has 0 aliphatic carbocycles. The first-order valence-electron chi connectivity index (χ1n) is 13.9. The summed E-state index contributed by atoms with van der Waals surface area (Å²) in [6.45, 7) is 4.88. The Bertz CT molecular complexity index is 1390. The van der Waals surface area contributed by atoms with E-state index in [0.717, 1.165) is 56.3 Å². The lowest BCUT2D eigenvalue weighted by atomic mass is 10.0. The number of ether oxygens (including phenoxy) is 1. The standard InChI is InChI=1S/C30H35F2N7O2/c31-21-13-19(14-22(32)16-21)1-2-20-15-26(28(33)36-18-20)29(34)38-30(40)25-4-3-24(39-9-7-35-8-10-39)17-27(25)37-23-5-11-41-12-6-23/h3-4,13-18,23,35,37H,1-2,5-12H2,(H2,33,36)(H2,34,38,40). The summed E-state index contributed by atoms with van der Waals surface area (Å²) < 4.78 is 32.6. The molecule has 2 fully saturated rings. The zero-order valence-electron chi connectivity index (χ0n) is 22.8. The number of hydrogen-bond acceptors (Lipinski definition) is 8. The maximum Gasteiger partial charge on any atom is 0.258 e. The Balaban J connectivity index is 1.32. The monoisotopic (exact) mass is 563 g/mol. The van der Waals surface area contributed by atoms with E-state index in [0.29, 0.717) is 42.9 Å². The van der Waals surface area contributed by atoms with Gasteiger partial charge < -0.3 is 31.3 Å². The SMILES string of the molecule is N=C(NC(=O)c1ccc(N2CCNCC2)cc1NC1CCOCC1)c1cc(CCc2cc(F)cc(F)c2)cnc1N. The summed E-state index contributed by atoms with van der Waals surface area (Å²) in [5.74, 6) is -1.77. The maximum atomic E-state index is 13.6. The van der Waals surface area contributed by atoms with Gasteiger partial charge in [0.1, 0.15) is 23.3 Å². The van der Waals surface area contributed by atoms with Crippen LogP contribution in [0.3, 0.4) is 0 Å². The number of nitrogen functional groups attached to an aromatic ring is 1. The van der Waals surface area contributed by atoms with Crippen molar-refractivity contribution >= 4 is 28.9 Å². The topological polar surface area (TPSA) is 128 Å². The number of rotatable bonds is 8. The fraction of sp³-hybridized carbons (Fsp3) is 0.367. The quantitative estimate of drug-likeness (QED) is 0.210. The lowest BCUT2D eigenvalue weighted by Crippen LogP contribution is -2.43.